The summed E-state index contributed by atoms with van der Waals surface area (Å²) in [7, 11) is 0. The second kappa shape index (κ2) is 6.90. The molecule has 1 aromatic rings. The van der Waals surface area contributed by atoms with Crippen molar-refractivity contribution >= 4 is 23.5 Å². The topological polar surface area (TPSA) is 88.1 Å². The number of imide groups is 1. The highest BCUT2D eigenvalue weighted by Gasteiger charge is 2.56. The van der Waals surface area contributed by atoms with E-state index in [0.717, 1.165) is 37.7 Å². The van der Waals surface area contributed by atoms with Gasteiger partial charge in [0, 0.05) is 6.04 Å². The lowest BCUT2D eigenvalue weighted by Gasteiger charge is -2.30. The summed E-state index contributed by atoms with van der Waals surface area (Å²) in [5, 5.41) is 3.94. The van der Waals surface area contributed by atoms with Crippen molar-refractivity contribution < 1.29 is 19.1 Å². The molecular formula is C19H21N3O4. The summed E-state index contributed by atoms with van der Waals surface area (Å²) in [6.07, 6.45) is 4.84. The number of hydrazone groups is 1. The highest BCUT2D eigenvalue weighted by molar-refractivity contribution is 6.44. The number of carbonyl (C=O) groups is 3. The maximum absolute atomic E-state index is 12.9. The zero-order valence-electron chi connectivity index (χ0n) is 14.4. The molecule has 1 N–H and O–H groups in total. The van der Waals surface area contributed by atoms with E-state index >= 15 is 0 Å². The number of amides is 2. The van der Waals surface area contributed by atoms with E-state index in [2.05, 4.69) is 10.5 Å². The van der Waals surface area contributed by atoms with Crippen LogP contribution in [0.25, 0.3) is 0 Å². The fourth-order valence-electron chi connectivity index (χ4n) is 3.98. The van der Waals surface area contributed by atoms with Crippen molar-refractivity contribution in [1.29, 1.82) is 0 Å². The lowest BCUT2D eigenvalue weighted by molar-refractivity contribution is -0.144. The van der Waals surface area contributed by atoms with Gasteiger partial charge in [0.2, 0.25) is 5.91 Å². The van der Waals surface area contributed by atoms with Gasteiger partial charge >= 0.3 is 5.97 Å². The number of ether oxygens (including phenoxy) is 1. The van der Waals surface area contributed by atoms with Crippen LogP contribution in [0.5, 0.6) is 0 Å². The third kappa shape index (κ3) is 2.87. The lowest BCUT2D eigenvalue weighted by Crippen LogP contribution is -2.44. The number of benzene rings is 1. The van der Waals surface area contributed by atoms with Gasteiger partial charge in [-0.05, 0) is 18.4 Å². The van der Waals surface area contributed by atoms with Crippen LogP contribution in [0.2, 0.25) is 0 Å². The molecular weight excluding hydrogens is 334 g/mol. The third-order valence-electron chi connectivity index (χ3n) is 5.32. The van der Waals surface area contributed by atoms with Crippen molar-refractivity contribution in [2.45, 2.75) is 50.8 Å². The fourth-order valence-corrected chi connectivity index (χ4v) is 3.98. The molecule has 7 nitrogen and oxygen atoms in total. The molecule has 4 rings (SSSR count). The van der Waals surface area contributed by atoms with Gasteiger partial charge in [0.1, 0.15) is 18.6 Å². The molecule has 7 heteroatoms. The minimum atomic E-state index is -0.868. The zero-order valence-corrected chi connectivity index (χ0v) is 14.4. The Kier molecular flexibility index (Phi) is 4.44. The molecule has 0 radical (unpaired) electrons. The first-order valence-corrected chi connectivity index (χ1v) is 9.08. The Morgan fingerprint density at radius 1 is 1.12 bits per heavy atom. The van der Waals surface area contributed by atoms with Gasteiger partial charge in [-0.3, -0.25) is 19.9 Å². The first-order valence-electron chi connectivity index (χ1n) is 9.08. The van der Waals surface area contributed by atoms with Crippen LogP contribution in [0, 0.1) is 5.92 Å². The Morgan fingerprint density at radius 2 is 1.85 bits per heavy atom. The number of carbonyl (C=O) groups excluding carboxylic acids is 3. The Hall–Kier alpha value is -2.70. The molecule has 2 heterocycles. The Bertz CT molecular complexity index is 755. The summed E-state index contributed by atoms with van der Waals surface area (Å²) in [5.74, 6) is -2.12. The number of rotatable bonds is 4. The van der Waals surface area contributed by atoms with E-state index in [1.807, 2.05) is 30.3 Å². The predicted molar refractivity (Wildman–Crippen MR) is 92.8 cm³/mol. The van der Waals surface area contributed by atoms with E-state index in [4.69, 9.17) is 4.74 Å². The summed E-state index contributed by atoms with van der Waals surface area (Å²) in [4.78, 5) is 39.3. The van der Waals surface area contributed by atoms with Crippen LogP contribution in [0.15, 0.2) is 35.4 Å². The first kappa shape index (κ1) is 16.8. The Labute approximate surface area is 151 Å². The molecule has 1 saturated carbocycles. The molecule has 1 aromatic carbocycles. The highest BCUT2D eigenvalue weighted by Crippen LogP contribution is 2.32. The second-order valence-electron chi connectivity index (χ2n) is 6.98. The predicted octanol–water partition coefficient (Wildman–Crippen LogP) is 1.38. The number of likely N-dealkylation sites (tertiary alicyclic amines) is 1. The molecule has 2 aliphatic heterocycles. The summed E-state index contributed by atoms with van der Waals surface area (Å²) in [6.45, 7) is 0.102. The molecule has 0 spiro atoms. The second-order valence-corrected chi connectivity index (χ2v) is 6.98. The van der Waals surface area contributed by atoms with Crippen molar-refractivity contribution in [3.05, 3.63) is 35.9 Å². The van der Waals surface area contributed by atoms with Crippen LogP contribution in [0.3, 0.4) is 0 Å². The van der Waals surface area contributed by atoms with Crippen molar-refractivity contribution in [3.63, 3.8) is 0 Å². The van der Waals surface area contributed by atoms with Gasteiger partial charge < -0.3 is 4.74 Å². The van der Waals surface area contributed by atoms with Crippen molar-refractivity contribution in [1.82, 2.24) is 10.3 Å². The minimum Gasteiger partial charge on any atom is -0.456 e. The SMILES string of the molecule is O=C(OCc1ccccc1)C1=NN[C@H]2C(=O)N(C3CCCCC3)C(=O)[C@@H]12. The summed E-state index contributed by atoms with van der Waals surface area (Å²) < 4.78 is 5.29. The average Bonchev–Trinajstić information content (AvgIpc) is 3.22. The van der Waals surface area contributed by atoms with Crippen LogP contribution in [-0.4, -0.2) is 40.5 Å². The quantitative estimate of drug-likeness (QED) is 0.651. The minimum absolute atomic E-state index is 0.00240. The molecule has 0 unspecified atom stereocenters. The maximum Gasteiger partial charge on any atom is 0.355 e. The van der Waals surface area contributed by atoms with Gasteiger partial charge in [0.05, 0.1) is 0 Å². The molecule has 26 heavy (non-hydrogen) atoms. The molecule has 136 valence electrons. The summed E-state index contributed by atoms with van der Waals surface area (Å²) in [5.41, 5.74) is 3.52. The monoisotopic (exact) mass is 355 g/mol. The van der Waals surface area contributed by atoms with Crippen LogP contribution < -0.4 is 5.43 Å². The van der Waals surface area contributed by atoms with Crippen LogP contribution in [0.4, 0.5) is 0 Å². The maximum atomic E-state index is 12.9. The van der Waals surface area contributed by atoms with E-state index in [-0.39, 0.29) is 30.2 Å². The standard InChI is InChI=1S/C19H21N3O4/c23-17-14-15(18(24)22(17)13-9-5-2-6-10-13)20-21-16(14)19(25)26-11-12-7-3-1-4-8-12/h1,3-4,7-8,13-15,20H,2,5-6,9-11H2/t14-,15-/m1/s1. The zero-order chi connectivity index (χ0) is 18.1. The first-order chi connectivity index (χ1) is 12.7. The molecule has 1 saturated heterocycles. The number of hydrogen-bond acceptors (Lipinski definition) is 6. The Balaban J connectivity index is 1.45. The van der Waals surface area contributed by atoms with E-state index in [0.29, 0.717) is 0 Å². The summed E-state index contributed by atoms with van der Waals surface area (Å²) >= 11 is 0. The molecule has 2 atom stereocenters. The molecule has 2 fully saturated rings. The van der Waals surface area contributed by atoms with Crippen molar-refractivity contribution in [2.75, 3.05) is 0 Å². The Morgan fingerprint density at radius 3 is 2.58 bits per heavy atom. The molecule has 0 aromatic heterocycles. The smallest absolute Gasteiger partial charge is 0.355 e. The van der Waals surface area contributed by atoms with E-state index in [1.54, 1.807) is 0 Å². The average molecular weight is 355 g/mol. The largest absolute Gasteiger partial charge is 0.456 e. The van der Waals surface area contributed by atoms with Gasteiger partial charge in [0.25, 0.3) is 5.91 Å². The highest BCUT2D eigenvalue weighted by atomic mass is 16.5. The molecule has 0 bridgehead atoms. The normalized spacial score (nSPS) is 25.7. The van der Waals surface area contributed by atoms with Gasteiger partial charge in [-0.15, -0.1) is 0 Å². The molecule has 1 aliphatic carbocycles. The van der Waals surface area contributed by atoms with Crippen LogP contribution in [0.1, 0.15) is 37.7 Å². The molecule has 2 amide bonds. The van der Waals surface area contributed by atoms with Crippen molar-refractivity contribution in [2.24, 2.45) is 11.0 Å². The summed E-state index contributed by atoms with van der Waals surface area (Å²) in [6, 6.07) is 8.45. The fraction of sp³-hybridized carbons (Fsp3) is 0.474. The van der Waals surface area contributed by atoms with Crippen molar-refractivity contribution in [3.8, 4) is 0 Å². The number of fused-ring (bicyclic) bond motifs is 1. The van der Waals surface area contributed by atoms with Gasteiger partial charge in [-0.1, -0.05) is 49.6 Å². The van der Waals surface area contributed by atoms with E-state index in [1.165, 1.54) is 4.90 Å². The van der Waals surface area contributed by atoms with E-state index in [9.17, 15) is 14.4 Å². The van der Waals surface area contributed by atoms with Gasteiger partial charge in [0.15, 0.2) is 5.71 Å². The number of esters is 1. The lowest BCUT2D eigenvalue weighted by atomic mass is 9.94. The van der Waals surface area contributed by atoms with Crippen LogP contribution >= 0.6 is 0 Å². The van der Waals surface area contributed by atoms with Gasteiger partial charge in [-0.2, -0.15) is 5.10 Å². The number of nitrogens with zero attached hydrogens (tertiary/aromatic N) is 2. The number of nitrogens with one attached hydrogen (secondary N) is 1. The third-order valence-corrected chi connectivity index (χ3v) is 5.32. The van der Waals surface area contributed by atoms with Gasteiger partial charge in [-0.25, -0.2) is 4.79 Å². The van der Waals surface area contributed by atoms with Crippen LogP contribution in [-0.2, 0) is 25.7 Å². The van der Waals surface area contributed by atoms with E-state index < -0.39 is 17.9 Å². The molecule has 3 aliphatic rings. The number of hydrogen-bond donors (Lipinski definition) is 1.